The van der Waals surface area contributed by atoms with Gasteiger partial charge in [0.2, 0.25) is 0 Å². The van der Waals surface area contributed by atoms with Crippen LogP contribution in [0.1, 0.15) is 48.7 Å². The fourth-order valence-electron chi connectivity index (χ4n) is 5.31. The van der Waals surface area contributed by atoms with Gasteiger partial charge in [-0.3, -0.25) is 14.2 Å². The first-order valence-corrected chi connectivity index (χ1v) is 13.4. The zero-order chi connectivity index (χ0) is 24.8. The third-order valence-electron chi connectivity index (χ3n) is 7.24. The van der Waals surface area contributed by atoms with E-state index in [1.54, 1.807) is 17.5 Å². The van der Waals surface area contributed by atoms with Crippen molar-refractivity contribution in [2.45, 2.75) is 44.9 Å². The van der Waals surface area contributed by atoms with Crippen LogP contribution in [-0.2, 0) is 11.2 Å². The number of fused-ring (bicyclic) bond motifs is 2. The van der Waals surface area contributed by atoms with Crippen LogP contribution in [0.3, 0.4) is 0 Å². The number of Topliss-reactive ketones (excluding diaryl/α,β-unsaturated/α-hetero) is 1. The molecule has 1 aliphatic carbocycles. The molecule has 0 spiro atoms. The van der Waals surface area contributed by atoms with Crippen LogP contribution in [0.25, 0.3) is 26.2 Å². The van der Waals surface area contributed by atoms with Gasteiger partial charge in [-0.25, -0.2) is 9.97 Å². The molecule has 0 bridgehead atoms. The van der Waals surface area contributed by atoms with Crippen LogP contribution in [0.15, 0.2) is 55.0 Å². The summed E-state index contributed by atoms with van der Waals surface area (Å²) in [7, 11) is 0. The van der Waals surface area contributed by atoms with Crippen molar-refractivity contribution in [1.82, 2.24) is 19.4 Å². The van der Waals surface area contributed by atoms with E-state index in [9.17, 15) is 4.79 Å². The van der Waals surface area contributed by atoms with Crippen LogP contribution in [0.4, 0.5) is 5.82 Å². The number of nitrogens with two attached hydrogens (primary N) is 1. The van der Waals surface area contributed by atoms with E-state index in [1.807, 2.05) is 43.6 Å². The monoisotopic (exact) mass is 515 g/mol. The molecule has 0 aliphatic heterocycles. The number of hydrogen-bond donors (Lipinski definition) is 1. The molecule has 8 heteroatoms. The van der Waals surface area contributed by atoms with E-state index in [4.69, 9.17) is 22.3 Å². The molecule has 4 aromatic heterocycles. The van der Waals surface area contributed by atoms with Crippen molar-refractivity contribution in [1.29, 1.82) is 0 Å². The maximum absolute atomic E-state index is 13.0. The highest BCUT2D eigenvalue weighted by Crippen LogP contribution is 2.42. The topological polar surface area (TPSA) is 86.2 Å². The lowest BCUT2D eigenvalue weighted by Crippen LogP contribution is -2.23. The molecule has 0 atom stereocenters. The Labute approximate surface area is 218 Å². The summed E-state index contributed by atoms with van der Waals surface area (Å²) in [6.45, 7) is 1.96. The average Bonchev–Trinajstić information content (AvgIpc) is 3.49. The molecule has 4 heterocycles. The molecule has 0 amide bonds. The number of benzene rings is 1. The van der Waals surface area contributed by atoms with Crippen molar-refractivity contribution in [3.8, 4) is 10.6 Å². The zero-order valence-electron chi connectivity index (χ0n) is 19.9. The highest BCUT2D eigenvalue weighted by Gasteiger charge is 2.30. The molecule has 0 saturated heterocycles. The number of nitrogen functional groups attached to an aromatic ring is 1. The van der Waals surface area contributed by atoms with Gasteiger partial charge in [-0.1, -0.05) is 29.8 Å². The largest absolute Gasteiger partial charge is 0.382 e. The van der Waals surface area contributed by atoms with Crippen LogP contribution < -0.4 is 5.73 Å². The van der Waals surface area contributed by atoms with Gasteiger partial charge in [0, 0.05) is 42.5 Å². The SMILES string of the molecule is Cc1ccc(CC(=O)C2CCC(c3nc(-c4cc5cccc(Cl)c5s4)c4c(N)nccn34)CC2)cn1. The molecule has 0 radical (unpaired) electrons. The number of pyridine rings is 1. The van der Waals surface area contributed by atoms with Crippen molar-refractivity contribution in [3.05, 3.63) is 77.1 Å². The molecular weight excluding hydrogens is 490 g/mol. The molecule has 182 valence electrons. The standard InChI is InChI=1S/C28H26ClN5OS/c1-16-5-6-17(15-32-16)13-22(35)18-7-9-19(10-8-18)28-33-24(25-27(30)31-11-12-34(25)28)23-14-20-3-2-4-21(29)26(20)36-23/h2-6,11-12,14-15,18-19H,7-10,13H2,1H3,(H2,30,31). The summed E-state index contributed by atoms with van der Waals surface area (Å²) >= 11 is 8.07. The van der Waals surface area contributed by atoms with E-state index < -0.39 is 0 Å². The highest BCUT2D eigenvalue weighted by atomic mass is 35.5. The first-order chi connectivity index (χ1) is 17.5. The lowest BCUT2D eigenvalue weighted by atomic mass is 9.78. The summed E-state index contributed by atoms with van der Waals surface area (Å²) in [5.74, 6) is 2.11. The molecule has 1 fully saturated rings. The van der Waals surface area contributed by atoms with Gasteiger partial charge in [0.15, 0.2) is 0 Å². The number of thiophene rings is 1. The van der Waals surface area contributed by atoms with Gasteiger partial charge in [-0.05, 0) is 61.8 Å². The van der Waals surface area contributed by atoms with Crippen molar-refractivity contribution in [2.75, 3.05) is 5.73 Å². The van der Waals surface area contributed by atoms with Gasteiger partial charge in [0.05, 0.1) is 14.6 Å². The summed E-state index contributed by atoms with van der Waals surface area (Å²) in [4.78, 5) is 27.8. The number of aryl methyl sites for hydroxylation is 1. The van der Waals surface area contributed by atoms with Gasteiger partial charge >= 0.3 is 0 Å². The summed E-state index contributed by atoms with van der Waals surface area (Å²) < 4.78 is 3.14. The molecule has 1 saturated carbocycles. The summed E-state index contributed by atoms with van der Waals surface area (Å²) in [6.07, 6.45) is 9.51. The fourth-order valence-corrected chi connectivity index (χ4v) is 6.67. The van der Waals surface area contributed by atoms with Crippen LogP contribution >= 0.6 is 22.9 Å². The van der Waals surface area contributed by atoms with Gasteiger partial charge in [0.1, 0.15) is 28.6 Å². The number of hydrogen-bond acceptors (Lipinski definition) is 6. The summed E-state index contributed by atoms with van der Waals surface area (Å²) in [5, 5.41) is 1.83. The predicted molar refractivity (Wildman–Crippen MR) is 146 cm³/mol. The lowest BCUT2D eigenvalue weighted by molar-refractivity contribution is -0.123. The first-order valence-electron chi connectivity index (χ1n) is 12.2. The Hall–Kier alpha value is -3.29. The molecule has 0 unspecified atom stereocenters. The molecule has 2 N–H and O–H groups in total. The van der Waals surface area contributed by atoms with Gasteiger partial charge in [-0.15, -0.1) is 11.3 Å². The summed E-state index contributed by atoms with van der Waals surface area (Å²) in [6, 6.07) is 12.0. The van der Waals surface area contributed by atoms with E-state index in [2.05, 4.69) is 26.5 Å². The second kappa shape index (κ2) is 9.30. The second-order valence-corrected chi connectivity index (χ2v) is 11.1. The van der Waals surface area contributed by atoms with Crippen molar-refractivity contribution in [2.24, 2.45) is 5.92 Å². The number of aromatic nitrogens is 4. The number of nitrogens with zero attached hydrogens (tertiary/aromatic N) is 4. The third kappa shape index (κ3) is 4.16. The Kier molecular flexibility index (Phi) is 5.97. The van der Waals surface area contributed by atoms with Crippen LogP contribution in [-0.4, -0.2) is 25.1 Å². The Bertz CT molecular complexity index is 1580. The maximum atomic E-state index is 13.0. The van der Waals surface area contributed by atoms with E-state index in [0.29, 0.717) is 18.0 Å². The number of ketones is 1. The average molecular weight is 516 g/mol. The van der Waals surface area contributed by atoms with Crippen molar-refractivity contribution < 1.29 is 4.79 Å². The molecule has 36 heavy (non-hydrogen) atoms. The summed E-state index contributed by atoms with van der Waals surface area (Å²) in [5.41, 5.74) is 10.00. The van der Waals surface area contributed by atoms with Gasteiger partial charge in [-0.2, -0.15) is 0 Å². The second-order valence-electron chi connectivity index (χ2n) is 9.62. The third-order valence-corrected chi connectivity index (χ3v) is 8.86. The van der Waals surface area contributed by atoms with E-state index >= 15 is 0 Å². The number of imidazole rings is 1. The van der Waals surface area contributed by atoms with Crippen LogP contribution in [0.5, 0.6) is 0 Å². The fraction of sp³-hybridized carbons (Fsp3) is 0.286. The van der Waals surface area contributed by atoms with E-state index in [0.717, 1.165) is 74.0 Å². The van der Waals surface area contributed by atoms with Gasteiger partial charge < -0.3 is 5.73 Å². The van der Waals surface area contributed by atoms with E-state index in [1.165, 1.54) is 0 Å². The Morgan fingerprint density at radius 1 is 1.17 bits per heavy atom. The van der Waals surface area contributed by atoms with Crippen LogP contribution in [0, 0.1) is 12.8 Å². The van der Waals surface area contributed by atoms with E-state index in [-0.39, 0.29) is 11.8 Å². The normalized spacial score (nSPS) is 18.2. The van der Waals surface area contributed by atoms with Crippen molar-refractivity contribution in [3.63, 3.8) is 0 Å². The number of carbonyl (C=O) groups is 1. The Morgan fingerprint density at radius 3 is 2.75 bits per heavy atom. The quantitative estimate of drug-likeness (QED) is 0.283. The molecule has 1 aromatic carbocycles. The van der Waals surface area contributed by atoms with Crippen LogP contribution in [0.2, 0.25) is 5.02 Å². The molecule has 6 nitrogen and oxygen atoms in total. The lowest BCUT2D eigenvalue weighted by Gasteiger charge is -2.27. The maximum Gasteiger partial charge on any atom is 0.150 e. The number of halogens is 1. The number of anilines is 1. The van der Waals surface area contributed by atoms with Gasteiger partial charge in [0.25, 0.3) is 0 Å². The minimum Gasteiger partial charge on any atom is -0.382 e. The van der Waals surface area contributed by atoms with Crippen molar-refractivity contribution >= 4 is 50.1 Å². The molecule has 5 aromatic rings. The smallest absolute Gasteiger partial charge is 0.150 e. The molecular formula is C28H26ClN5OS. The molecule has 1 aliphatic rings. The minimum atomic E-state index is 0.0877. The minimum absolute atomic E-state index is 0.0877. The highest BCUT2D eigenvalue weighted by molar-refractivity contribution is 7.22. The Morgan fingerprint density at radius 2 is 2.00 bits per heavy atom. The number of rotatable bonds is 5. The Balaban J connectivity index is 1.27. The zero-order valence-corrected chi connectivity index (χ0v) is 21.5. The molecule has 6 rings (SSSR count). The number of carbonyl (C=O) groups excluding carboxylic acids is 1. The first kappa shape index (κ1) is 23.1. The predicted octanol–water partition coefficient (Wildman–Crippen LogP) is 6.64.